The van der Waals surface area contributed by atoms with E-state index in [0.717, 1.165) is 24.9 Å². The number of amides is 1. The third-order valence-electron chi connectivity index (χ3n) is 3.66. The highest BCUT2D eigenvalue weighted by Crippen LogP contribution is 2.21. The predicted molar refractivity (Wildman–Crippen MR) is 74.9 cm³/mol. The van der Waals surface area contributed by atoms with Gasteiger partial charge in [-0.05, 0) is 32.3 Å². The van der Waals surface area contributed by atoms with Gasteiger partial charge in [-0.1, -0.05) is 29.8 Å². The number of carbonyl (C=O) groups is 2. The highest BCUT2D eigenvalue weighted by molar-refractivity contribution is 5.81. The molecule has 1 heterocycles. The van der Waals surface area contributed by atoms with E-state index in [2.05, 4.69) is 0 Å². The van der Waals surface area contributed by atoms with Crippen molar-refractivity contribution in [2.45, 2.75) is 45.6 Å². The molecular formula is C16H21NO2. The van der Waals surface area contributed by atoms with Crippen LogP contribution in [0.1, 0.15) is 37.3 Å². The Bertz CT molecular complexity index is 481. The predicted octanol–water partition coefficient (Wildman–Crippen LogP) is 2.51. The van der Waals surface area contributed by atoms with Crippen molar-refractivity contribution in [2.75, 3.05) is 6.54 Å². The summed E-state index contributed by atoms with van der Waals surface area (Å²) in [6, 6.07) is 8.17. The van der Waals surface area contributed by atoms with E-state index in [4.69, 9.17) is 0 Å². The molecule has 102 valence electrons. The van der Waals surface area contributed by atoms with E-state index in [1.54, 1.807) is 6.92 Å². The summed E-state index contributed by atoms with van der Waals surface area (Å²) in [6.45, 7) is 4.42. The maximum atomic E-state index is 12.3. The van der Waals surface area contributed by atoms with E-state index >= 15 is 0 Å². The molecule has 0 aromatic heterocycles. The van der Waals surface area contributed by atoms with Gasteiger partial charge in [-0.25, -0.2) is 0 Å². The zero-order valence-electron chi connectivity index (χ0n) is 11.7. The molecule has 3 nitrogen and oxygen atoms in total. The Hall–Kier alpha value is -1.64. The molecule has 1 saturated heterocycles. The summed E-state index contributed by atoms with van der Waals surface area (Å²) in [7, 11) is 0. The van der Waals surface area contributed by atoms with E-state index in [1.807, 2.05) is 36.1 Å². The molecule has 1 fully saturated rings. The fourth-order valence-electron chi connectivity index (χ4n) is 2.81. The number of Topliss-reactive ketones (excluding diaryl/α,β-unsaturated/α-hetero) is 1. The summed E-state index contributed by atoms with van der Waals surface area (Å²) in [5, 5.41) is 0. The van der Waals surface area contributed by atoms with Gasteiger partial charge >= 0.3 is 0 Å². The zero-order chi connectivity index (χ0) is 13.8. The number of hydrogen-bond donors (Lipinski definition) is 0. The smallest absolute Gasteiger partial charge is 0.227 e. The molecule has 0 aliphatic carbocycles. The Balaban J connectivity index is 2.01. The Morgan fingerprint density at radius 1 is 1.37 bits per heavy atom. The summed E-state index contributed by atoms with van der Waals surface area (Å²) in [5.41, 5.74) is 2.23. The van der Waals surface area contributed by atoms with Gasteiger partial charge in [-0.2, -0.15) is 0 Å². The van der Waals surface area contributed by atoms with Crippen LogP contribution in [0.25, 0.3) is 0 Å². The molecule has 1 amide bonds. The molecule has 1 atom stereocenters. The second-order valence-electron chi connectivity index (χ2n) is 5.46. The number of hydrogen-bond acceptors (Lipinski definition) is 2. The van der Waals surface area contributed by atoms with E-state index in [-0.39, 0.29) is 17.7 Å². The van der Waals surface area contributed by atoms with Crippen LogP contribution >= 0.6 is 0 Å². The van der Waals surface area contributed by atoms with Gasteiger partial charge in [0.2, 0.25) is 5.91 Å². The number of rotatable bonds is 4. The van der Waals surface area contributed by atoms with Crippen LogP contribution in [0, 0.1) is 6.92 Å². The fraction of sp³-hybridized carbons (Fsp3) is 0.500. The molecule has 0 saturated carbocycles. The normalized spacial score (nSPS) is 18.6. The average molecular weight is 259 g/mol. The Labute approximate surface area is 114 Å². The first-order chi connectivity index (χ1) is 9.06. The van der Waals surface area contributed by atoms with Crippen molar-refractivity contribution >= 4 is 11.7 Å². The molecule has 19 heavy (non-hydrogen) atoms. The lowest BCUT2D eigenvalue weighted by atomic mass is 10.1. The van der Waals surface area contributed by atoms with Crippen molar-refractivity contribution in [3.05, 3.63) is 35.4 Å². The molecule has 1 aliphatic rings. The van der Waals surface area contributed by atoms with Gasteiger partial charge in [-0.15, -0.1) is 0 Å². The summed E-state index contributed by atoms with van der Waals surface area (Å²) >= 11 is 0. The average Bonchev–Trinajstić information content (AvgIpc) is 2.76. The molecule has 1 aliphatic heterocycles. The highest BCUT2D eigenvalue weighted by Gasteiger charge is 2.29. The van der Waals surface area contributed by atoms with Gasteiger partial charge in [0.15, 0.2) is 0 Å². The highest BCUT2D eigenvalue weighted by atomic mass is 16.2. The SMILES string of the molecule is CC(=O)CC1CCCN1C(=O)Cc1cccc(C)c1. The molecule has 0 spiro atoms. The zero-order valence-corrected chi connectivity index (χ0v) is 11.7. The first kappa shape index (κ1) is 13.8. The number of aryl methyl sites for hydroxylation is 1. The van der Waals surface area contributed by atoms with Crippen molar-refractivity contribution in [1.82, 2.24) is 4.90 Å². The minimum atomic E-state index is 0.120. The molecular weight excluding hydrogens is 238 g/mol. The van der Waals surface area contributed by atoms with E-state index < -0.39 is 0 Å². The summed E-state index contributed by atoms with van der Waals surface area (Å²) < 4.78 is 0. The molecule has 0 radical (unpaired) electrons. The molecule has 2 rings (SSSR count). The van der Waals surface area contributed by atoms with Gasteiger partial charge in [-0.3, -0.25) is 9.59 Å². The molecule has 3 heteroatoms. The largest absolute Gasteiger partial charge is 0.339 e. The quantitative estimate of drug-likeness (QED) is 0.833. The second-order valence-corrected chi connectivity index (χ2v) is 5.46. The summed E-state index contributed by atoms with van der Waals surface area (Å²) in [4.78, 5) is 25.5. The molecule has 1 aromatic carbocycles. The van der Waals surface area contributed by atoms with E-state index in [0.29, 0.717) is 12.8 Å². The third-order valence-corrected chi connectivity index (χ3v) is 3.66. The van der Waals surface area contributed by atoms with Crippen LogP contribution in [-0.2, 0) is 16.0 Å². The molecule has 1 unspecified atom stereocenters. The van der Waals surface area contributed by atoms with Gasteiger partial charge in [0.25, 0.3) is 0 Å². The summed E-state index contributed by atoms with van der Waals surface area (Å²) in [5.74, 6) is 0.314. The van der Waals surface area contributed by atoms with Gasteiger partial charge in [0.05, 0.1) is 6.42 Å². The molecule has 0 N–H and O–H groups in total. The second kappa shape index (κ2) is 6.00. The minimum absolute atomic E-state index is 0.120. The maximum Gasteiger partial charge on any atom is 0.227 e. The van der Waals surface area contributed by atoms with Crippen LogP contribution in [0.15, 0.2) is 24.3 Å². The van der Waals surface area contributed by atoms with Crippen LogP contribution in [-0.4, -0.2) is 29.2 Å². The van der Waals surface area contributed by atoms with Crippen LogP contribution in [0.2, 0.25) is 0 Å². The monoisotopic (exact) mass is 259 g/mol. The topological polar surface area (TPSA) is 37.4 Å². The van der Waals surface area contributed by atoms with Gasteiger partial charge < -0.3 is 4.90 Å². The number of likely N-dealkylation sites (tertiary alicyclic amines) is 1. The standard InChI is InChI=1S/C16H21NO2/c1-12-5-3-6-14(9-12)11-16(19)17-8-4-7-15(17)10-13(2)18/h3,5-6,9,15H,4,7-8,10-11H2,1-2H3. The van der Waals surface area contributed by atoms with Crippen molar-refractivity contribution in [2.24, 2.45) is 0 Å². The number of ketones is 1. The van der Waals surface area contributed by atoms with Crippen LogP contribution in [0.4, 0.5) is 0 Å². The summed E-state index contributed by atoms with van der Waals surface area (Å²) in [6.07, 6.45) is 2.91. The first-order valence-corrected chi connectivity index (χ1v) is 6.90. The van der Waals surface area contributed by atoms with Crippen molar-refractivity contribution in [1.29, 1.82) is 0 Å². The van der Waals surface area contributed by atoms with E-state index in [9.17, 15) is 9.59 Å². The van der Waals surface area contributed by atoms with Gasteiger partial charge in [0, 0.05) is 19.0 Å². The van der Waals surface area contributed by atoms with Crippen molar-refractivity contribution in [3.8, 4) is 0 Å². The Kier molecular flexibility index (Phi) is 4.35. The Morgan fingerprint density at radius 2 is 2.16 bits per heavy atom. The van der Waals surface area contributed by atoms with Crippen molar-refractivity contribution < 1.29 is 9.59 Å². The van der Waals surface area contributed by atoms with Crippen LogP contribution in [0.5, 0.6) is 0 Å². The lowest BCUT2D eigenvalue weighted by molar-refractivity contribution is -0.132. The number of nitrogens with zero attached hydrogens (tertiary/aromatic N) is 1. The van der Waals surface area contributed by atoms with E-state index in [1.165, 1.54) is 5.56 Å². The fourth-order valence-corrected chi connectivity index (χ4v) is 2.81. The molecule has 1 aromatic rings. The first-order valence-electron chi connectivity index (χ1n) is 6.90. The number of benzene rings is 1. The van der Waals surface area contributed by atoms with Crippen LogP contribution in [0.3, 0.4) is 0 Å². The maximum absolute atomic E-state index is 12.3. The molecule has 0 bridgehead atoms. The third kappa shape index (κ3) is 3.66. The Morgan fingerprint density at radius 3 is 2.84 bits per heavy atom. The van der Waals surface area contributed by atoms with Gasteiger partial charge in [0.1, 0.15) is 5.78 Å². The number of carbonyl (C=O) groups excluding carboxylic acids is 2. The minimum Gasteiger partial charge on any atom is -0.339 e. The van der Waals surface area contributed by atoms with Crippen LogP contribution < -0.4 is 0 Å². The lowest BCUT2D eigenvalue weighted by Gasteiger charge is -2.24. The van der Waals surface area contributed by atoms with Crippen molar-refractivity contribution in [3.63, 3.8) is 0 Å². The lowest BCUT2D eigenvalue weighted by Crippen LogP contribution is -2.37.